The Bertz CT molecular complexity index is 442. The Balaban J connectivity index is 0.00000162. The molecule has 18 heavy (non-hydrogen) atoms. The second-order valence-electron chi connectivity index (χ2n) is 4.23. The van der Waals surface area contributed by atoms with Gasteiger partial charge >= 0.3 is 5.97 Å². The largest absolute Gasteiger partial charge is 0.481 e. The van der Waals surface area contributed by atoms with Gasteiger partial charge in [0.15, 0.2) is 0 Å². The van der Waals surface area contributed by atoms with Crippen LogP contribution in [-0.4, -0.2) is 17.6 Å². The van der Waals surface area contributed by atoms with Gasteiger partial charge in [0, 0.05) is 11.1 Å². The molecule has 0 saturated carbocycles. The quantitative estimate of drug-likeness (QED) is 0.881. The molecule has 2 unspecified atom stereocenters. The molecular formula is C12H14Cl2FNO2. The molecule has 1 aliphatic heterocycles. The number of benzene rings is 1. The van der Waals surface area contributed by atoms with Crippen LogP contribution in [0, 0.1) is 11.7 Å². The second kappa shape index (κ2) is 6.36. The van der Waals surface area contributed by atoms with E-state index in [4.69, 9.17) is 16.7 Å². The fourth-order valence-electron chi connectivity index (χ4n) is 2.16. The van der Waals surface area contributed by atoms with Crippen LogP contribution >= 0.6 is 24.0 Å². The summed E-state index contributed by atoms with van der Waals surface area (Å²) in [5.41, 5.74) is 0.763. The summed E-state index contributed by atoms with van der Waals surface area (Å²) < 4.78 is 12.9. The fraction of sp³-hybridized carbons (Fsp3) is 0.417. The van der Waals surface area contributed by atoms with Crippen molar-refractivity contribution in [2.45, 2.75) is 18.9 Å². The van der Waals surface area contributed by atoms with Gasteiger partial charge in [-0.25, -0.2) is 4.39 Å². The Morgan fingerprint density at radius 2 is 2.22 bits per heavy atom. The maximum atomic E-state index is 12.9. The Morgan fingerprint density at radius 1 is 1.50 bits per heavy atom. The SMILES string of the molecule is Cl.O=C(O)C1CCNC(c2ccc(F)cc2Cl)C1. The van der Waals surface area contributed by atoms with Gasteiger partial charge in [-0.05, 0) is 37.1 Å². The fourth-order valence-corrected chi connectivity index (χ4v) is 2.46. The molecule has 0 bridgehead atoms. The highest BCUT2D eigenvalue weighted by molar-refractivity contribution is 6.31. The Morgan fingerprint density at radius 3 is 2.83 bits per heavy atom. The first kappa shape index (κ1) is 15.2. The molecule has 1 heterocycles. The molecule has 0 radical (unpaired) electrons. The molecular weight excluding hydrogens is 280 g/mol. The smallest absolute Gasteiger partial charge is 0.306 e. The van der Waals surface area contributed by atoms with E-state index >= 15 is 0 Å². The van der Waals surface area contributed by atoms with E-state index in [0.717, 1.165) is 5.56 Å². The van der Waals surface area contributed by atoms with Crippen molar-refractivity contribution in [1.82, 2.24) is 5.32 Å². The number of carboxylic acids is 1. The van der Waals surface area contributed by atoms with Crippen molar-refractivity contribution in [2.75, 3.05) is 6.54 Å². The number of hydrogen-bond donors (Lipinski definition) is 2. The molecule has 0 aromatic heterocycles. The second-order valence-corrected chi connectivity index (χ2v) is 4.64. The van der Waals surface area contributed by atoms with E-state index in [1.54, 1.807) is 6.07 Å². The van der Waals surface area contributed by atoms with Crippen molar-refractivity contribution in [1.29, 1.82) is 0 Å². The van der Waals surface area contributed by atoms with Gasteiger partial charge in [0.2, 0.25) is 0 Å². The molecule has 0 aliphatic carbocycles. The Kier molecular flexibility index (Phi) is 5.38. The molecule has 0 spiro atoms. The van der Waals surface area contributed by atoms with E-state index in [2.05, 4.69) is 5.32 Å². The van der Waals surface area contributed by atoms with E-state index in [-0.39, 0.29) is 30.2 Å². The van der Waals surface area contributed by atoms with Crippen LogP contribution in [0.15, 0.2) is 18.2 Å². The Hall–Kier alpha value is -0.840. The predicted octanol–water partition coefficient (Wildman–Crippen LogP) is 3.03. The number of halogens is 3. The minimum atomic E-state index is -0.783. The van der Waals surface area contributed by atoms with Crippen LogP contribution in [0.25, 0.3) is 0 Å². The number of rotatable bonds is 2. The lowest BCUT2D eigenvalue weighted by Gasteiger charge is -2.28. The molecule has 100 valence electrons. The molecule has 1 aliphatic rings. The summed E-state index contributed by atoms with van der Waals surface area (Å²) in [6, 6.07) is 4.09. The van der Waals surface area contributed by atoms with Crippen molar-refractivity contribution in [2.24, 2.45) is 5.92 Å². The third-order valence-corrected chi connectivity index (χ3v) is 3.42. The van der Waals surface area contributed by atoms with Gasteiger partial charge in [-0.15, -0.1) is 12.4 Å². The zero-order valence-electron chi connectivity index (χ0n) is 9.53. The molecule has 2 atom stereocenters. The molecule has 1 aromatic rings. The number of nitrogens with one attached hydrogen (secondary N) is 1. The first-order chi connectivity index (χ1) is 8.08. The van der Waals surface area contributed by atoms with Crippen LogP contribution in [0.1, 0.15) is 24.4 Å². The summed E-state index contributed by atoms with van der Waals surface area (Å²) in [4.78, 5) is 10.9. The van der Waals surface area contributed by atoms with Gasteiger partial charge < -0.3 is 10.4 Å². The monoisotopic (exact) mass is 293 g/mol. The summed E-state index contributed by atoms with van der Waals surface area (Å²) in [5.74, 6) is -1.53. The molecule has 1 aromatic carbocycles. The Labute approximate surface area is 116 Å². The summed E-state index contributed by atoms with van der Waals surface area (Å²) in [6.45, 7) is 0.634. The van der Waals surface area contributed by atoms with Gasteiger partial charge in [0.05, 0.1) is 5.92 Å². The molecule has 3 nitrogen and oxygen atoms in total. The lowest BCUT2D eigenvalue weighted by molar-refractivity contribution is -0.143. The lowest BCUT2D eigenvalue weighted by atomic mass is 9.89. The minimum absolute atomic E-state index is 0. The third-order valence-electron chi connectivity index (χ3n) is 3.09. The highest BCUT2D eigenvalue weighted by atomic mass is 35.5. The topological polar surface area (TPSA) is 49.3 Å². The average molecular weight is 294 g/mol. The lowest BCUT2D eigenvalue weighted by Crippen LogP contribution is -2.35. The van der Waals surface area contributed by atoms with Crippen LogP contribution in [-0.2, 0) is 4.79 Å². The van der Waals surface area contributed by atoms with Crippen LogP contribution in [0.5, 0.6) is 0 Å². The molecule has 2 N–H and O–H groups in total. The van der Waals surface area contributed by atoms with Crippen molar-refractivity contribution >= 4 is 30.0 Å². The summed E-state index contributed by atoms with van der Waals surface area (Å²) >= 11 is 5.96. The first-order valence-corrected chi connectivity index (χ1v) is 5.87. The number of carbonyl (C=O) groups is 1. The molecule has 1 saturated heterocycles. The highest BCUT2D eigenvalue weighted by Gasteiger charge is 2.28. The van der Waals surface area contributed by atoms with Gasteiger partial charge in [0.25, 0.3) is 0 Å². The minimum Gasteiger partial charge on any atom is -0.481 e. The van der Waals surface area contributed by atoms with Gasteiger partial charge in [0.1, 0.15) is 5.82 Å². The highest BCUT2D eigenvalue weighted by Crippen LogP contribution is 2.31. The van der Waals surface area contributed by atoms with Gasteiger partial charge in [-0.2, -0.15) is 0 Å². The molecule has 0 amide bonds. The van der Waals surface area contributed by atoms with Crippen molar-refractivity contribution in [3.05, 3.63) is 34.6 Å². The van der Waals surface area contributed by atoms with Crippen LogP contribution in [0.3, 0.4) is 0 Å². The zero-order valence-corrected chi connectivity index (χ0v) is 11.1. The molecule has 6 heteroatoms. The summed E-state index contributed by atoms with van der Waals surface area (Å²) in [5, 5.41) is 12.5. The van der Waals surface area contributed by atoms with Gasteiger partial charge in [-0.3, -0.25) is 4.79 Å². The number of aliphatic carboxylic acids is 1. The molecule has 1 fully saturated rings. The first-order valence-electron chi connectivity index (χ1n) is 5.49. The van der Waals surface area contributed by atoms with Crippen molar-refractivity contribution in [3.63, 3.8) is 0 Å². The maximum absolute atomic E-state index is 12.9. The summed E-state index contributed by atoms with van der Waals surface area (Å²) in [7, 11) is 0. The number of carboxylic acid groups (broad SMARTS) is 1. The van der Waals surface area contributed by atoms with E-state index in [1.165, 1.54) is 12.1 Å². The predicted molar refractivity (Wildman–Crippen MR) is 69.8 cm³/mol. The average Bonchev–Trinajstić information content (AvgIpc) is 2.29. The normalized spacial score (nSPS) is 23.2. The van der Waals surface area contributed by atoms with Crippen molar-refractivity contribution < 1.29 is 14.3 Å². The van der Waals surface area contributed by atoms with Crippen LogP contribution in [0.4, 0.5) is 4.39 Å². The van der Waals surface area contributed by atoms with Crippen LogP contribution < -0.4 is 5.32 Å². The molecule has 2 rings (SSSR count). The maximum Gasteiger partial charge on any atom is 0.306 e. The van der Waals surface area contributed by atoms with Gasteiger partial charge in [-0.1, -0.05) is 17.7 Å². The zero-order chi connectivity index (χ0) is 12.4. The number of piperidine rings is 1. The third kappa shape index (κ3) is 3.34. The van der Waals surface area contributed by atoms with E-state index in [1.807, 2.05) is 0 Å². The standard InChI is InChI=1S/C12H13ClFNO2.ClH/c13-10-6-8(14)1-2-9(10)11-5-7(12(16)17)3-4-15-11;/h1-2,6-7,11,15H,3-5H2,(H,16,17);1H. The summed E-state index contributed by atoms with van der Waals surface area (Å²) in [6.07, 6.45) is 1.10. The number of hydrogen-bond acceptors (Lipinski definition) is 2. The van der Waals surface area contributed by atoms with Crippen molar-refractivity contribution in [3.8, 4) is 0 Å². The van der Waals surface area contributed by atoms with E-state index < -0.39 is 5.97 Å². The van der Waals surface area contributed by atoms with E-state index in [0.29, 0.717) is 24.4 Å². The van der Waals surface area contributed by atoms with E-state index in [9.17, 15) is 9.18 Å². The van der Waals surface area contributed by atoms with Crippen LogP contribution in [0.2, 0.25) is 5.02 Å².